The topological polar surface area (TPSA) is 219 Å². The van der Waals surface area contributed by atoms with Gasteiger partial charge in [0.15, 0.2) is 5.82 Å². The van der Waals surface area contributed by atoms with E-state index in [2.05, 4.69) is 35.7 Å². The molecule has 4 amide bonds. The van der Waals surface area contributed by atoms with Gasteiger partial charge in [0.2, 0.25) is 11.8 Å². The molecule has 2 fully saturated rings. The highest BCUT2D eigenvalue weighted by molar-refractivity contribution is 6.08. The minimum absolute atomic E-state index is 0.0650. The molecule has 2 aromatic heterocycles. The fourth-order valence-electron chi connectivity index (χ4n) is 7.62. The number of hydrogen-bond donors (Lipinski definition) is 5. The molecule has 5 aromatic rings. The first-order valence-corrected chi connectivity index (χ1v) is 18.8. The highest BCUT2D eigenvalue weighted by Gasteiger charge is 2.40. The molecule has 3 aliphatic heterocycles. The third kappa shape index (κ3) is 7.13. The molecular weight excluding hydrogens is 752 g/mol. The van der Waals surface area contributed by atoms with Gasteiger partial charge in [-0.25, -0.2) is 28.8 Å². The van der Waals surface area contributed by atoms with Gasteiger partial charge in [-0.3, -0.25) is 29.4 Å². The van der Waals surface area contributed by atoms with E-state index >= 15 is 4.39 Å². The fraction of sp³-hybridized carbons (Fsp3) is 0.300. The van der Waals surface area contributed by atoms with Crippen LogP contribution in [0, 0.1) is 5.82 Å². The number of amides is 4. The molecule has 58 heavy (non-hydrogen) atoms. The van der Waals surface area contributed by atoms with Crippen LogP contribution in [-0.2, 0) is 22.7 Å². The molecule has 5 N–H and O–H groups in total. The number of piperidine rings is 1. The van der Waals surface area contributed by atoms with Crippen molar-refractivity contribution in [2.24, 2.45) is 0 Å². The number of fused-ring (bicyclic) bond motifs is 1. The van der Waals surface area contributed by atoms with E-state index in [0.717, 1.165) is 0 Å². The number of H-pyrrole nitrogens is 1. The summed E-state index contributed by atoms with van der Waals surface area (Å²) < 4.78 is 16.8. The van der Waals surface area contributed by atoms with Crippen LogP contribution in [0.25, 0.3) is 17.1 Å². The summed E-state index contributed by atoms with van der Waals surface area (Å²) in [6, 6.07) is 11.4. The molecule has 0 spiro atoms. The minimum Gasteiger partial charge on any atom is -0.508 e. The molecular formula is C40H39FN10O7. The van der Waals surface area contributed by atoms with E-state index in [0.29, 0.717) is 66.5 Å². The molecule has 17 nitrogen and oxygen atoms in total. The predicted octanol–water partition coefficient (Wildman–Crippen LogP) is 3.03. The van der Waals surface area contributed by atoms with Crippen molar-refractivity contribution in [3.8, 4) is 28.6 Å². The van der Waals surface area contributed by atoms with Crippen LogP contribution in [-0.4, -0.2) is 101 Å². The Kier molecular flexibility index (Phi) is 9.94. The number of nitrogens with one attached hydrogen (secondary N) is 3. The lowest BCUT2D eigenvalue weighted by Gasteiger charge is -2.35. The van der Waals surface area contributed by atoms with E-state index in [4.69, 9.17) is 0 Å². The first kappa shape index (κ1) is 37.9. The molecule has 0 aliphatic carbocycles. The Hall–Kier alpha value is -6.95. The number of aromatic amines is 1. The minimum atomic E-state index is -0.778. The maximum absolute atomic E-state index is 15.6. The average molecular weight is 791 g/mol. The number of nitrogens with zero attached hydrogens (tertiary/aromatic N) is 7. The molecule has 3 aliphatic rings. The number of carbonyl (C=O) groups excluding carboxylic acids is 4. The molecule has 1 unspecified atom stereocenters. The van der Waals surface area contributed by atoms with Gasteiger partial charge >= 0.3 is 5.69 Å². The number of carbonyl (C=O) groups is 4. The monoisotopic (exact) mass is 790 g/mol. The van der Waals surface area contributed by atoms with Gasteiger partial charge in [0.1, 0.15) is 34.9 Å². The molecule has 0 radical (unpaired) electrons. The maximum atomic E-state index is 15.6. The first-order valence-electron chi connectivity index (χ1n) is 18.8. The quantitative estimate of drug-likeness (QED) is 0.136. The number of aromatic nitrogens is 5. The Morgan fingerprint density at radius 1 is 0.966 bits per heavy atom. The van der Waals surface area contributed by atoms with Gasteiger partial charge < -0.3 is 25.3 Å². The van der Waals surface area contributed by atoms with Crippen molar-refractivity contribution in [3.63, 3.8) is 0 Å². The largest absolute Gasteiger partial charge is 0.508 e. The maximum Gasteiger partial charge on any atom is 0.348 e. The van der Waals surface area contributed by atoms with E-state index in [1.54, 1.807) is 36.4 Å². The fourth-order valence-corrected chi connectivity index (χ4v) is 7.62. The zero-order valence-electron chi connectivity index (χ0n) is 31.5. The number of aromatic hydroxyl groups is 2. The number of benzene rings is 3. The first-order chi connectivity index (χ1) is 27.9. The molecule has 8 rings (SSSR count). The van der Waals surface area contributed by atoms with Crippen molar-refractivity contribution >= 4 is 35.1 Å². The summed E-state index contributed by atoms with van der Waals surface area (Å²) in [5.41, 5.74) is 2.20. The van der Waals surface area contributed by atoms with Crippen molar-refractivity contribution in [3.05, 3.63) is 105 Å². The van der Waals surface area contributed by atoms with Crippen LogP contribution in [0.2, 0.25) is 0 Å². The smallest absolute Gasteiger partial charge is 0.348 e. The second kappa shape index (κ2) is 15.2. The molecule has 298 valence electrons. The SMILES string of the molecule is CC(C)c1cc(-c2n[nH]c(=O)n2-c2ccc(CN3CCN(c4cnc(C(=O)Nc5cccc6c5CN(C5CCC(=O)NC5=O)C6=O)cn4)CC3)c(F)c2)c(O)cc1O. The molecule has 1 atom stereocenters. The van der Waals surface area contributed by atoms with Gasteiger partial charge in [-0.15, -0.1) is 0 Å². The van der Waals surface area contributed by atoms with Crippen LogP contribution in [0.4, 0.5) is 15.9 Å². The van der Waals surface area contributed by atoms with Crippen LogP contribution in [0.15, 0.2) is 65.7 Å². The average Bonchev–Trinajstić information content (AvgIpc) is 3.75. The van der Waals surface area contributed by atoms with Gasteiger partial charge in [0.25, 0.3) is 11.8 Å². The Morgan fingerprint density at radius 3 is 2.47 bits per heavy atom. The summed E-state index contributed by atoms with van der Waals surface area (Å²) in [5.74, 6) is -2.08. The molecule has 0 saturated carbocycles. The Balaban J connectivity index is 0.881. The van der Waals surface area contributed by atoms with Crippen LogP contribution < -0.4 is 21.2 Å². The van der Waals surface area contributed by atoms with E-state index < -0.39 is 29.4 Å². The standard InChI is InChI=1S/C40H39FN10O7/c1-21(2)25-15-26(33(53)16-32(25)52)36-46-47-40(58)51(36)23-7-6-22(28(41)14-23)19-48-10-12-49(13-11-48)34-18-42-30(17-43-34)37(55)44-29-5-3-4-24-27(29)20-50(39(24)57)31-8-9-35(54)45-38(31)56/h3-7,14-18,21,31,52-53H,8-13,19-20H2,1-2H3,(H,44,55)(H,47,58)(H,45,54,56). The summed E-state index contributed by atoms with van der Waals surface area (Å²) in [6.07, 6.45) is 3.25. The number of hydrogen-bond acceptors (Lipinski definition) is 12. The van der Waals surface area contributed by atoms with Crippen molar-refractivity contribution in [2.45, 2.75) is 51.7 Å². The second-order valence-corrected chi connectivity index (χ2v) is 14.8. The summed E-state index contributed by atoms with van der Waals surface area (Å²) >= 11 is 0. The van der Waals surface area contributed by atoms with Gasteiger partial charge in [-0.05, 0) is 48.2 Å². The van der Waals surface area contributed by atoms with E-state index in [9.17, 15) is 34.2 Å². The van der Waals surface area contributed by atoms with Gasteiger partial charge in [-0.2, -0.15) is 5.10 Å². The van der Waals surface area contributed by atoms with Gasteiger partial charge in [0, 0.05) is 74.1 Å². The van der Waals surface area contributed by atoms with Crippen LogP contribution in [0.3, 0.4) is 0 Å². The molecule has 18 heteroatoms. The van der Waals surface area contributed by atoms with E-state index in [1.165, 1.54) is 34.0 Å². The van der Waals surface area contributed by atoms with E-state index in [1.807, 2.05) is 18.7 Å². The highest BCUT2D eigenvalue weighted by atomic mass is 19.1. The Labute approximate surface area is 330 Å². The zero-order valence-corrected chi connectivity index (χ0v) is 31.5. The Bertz CT molecular complexity index is 2530. The van der Waals surface area contributed by atoms with Crippen LogP contribution in [0.1, 0.15) is 70.1 Å². The summed E-state index contributed by atoms with van der Waals surface area (Å²) in [4.78, 5) is 77.7. The molecule has 5 heterocycles. The number of piperazine rings is 1. The second-order valence-electron chi connectivity index (χ2n) is 14.8. The third-order valence-corrected chi connectivity index (χ3v) is 10.8. The Morgan fingerprint density at radius 2 is 1.76 bits per heavy atom. The van der Waals surface area contributed by atoms with E-state index in [-0.39, 0.29) is 71.4 Å². The predicted molar refractivity (Wildman–Crippen MR) is 207 cm³/mol. The van der Waals surface area contributed by atoms with Crippen molar-refractivity contribution in [1.29, 1.82) is 0 Å². The van der Waals surface area contributed by atoms with Crippen molar-refractivity contribution < 1.29 is 33.8 Å². The van der Waals surface area contributed by atoms with Crippen LogP contribution >= 0.6 is 0 Å². The number of phenolic OH excluding ortho intramolecular Hbond substituents is 2. The summed E-state index contributed by atoms with van der Waals surface area (Å²) in [6.45, 7) is 6.48. The van der Waals surface area contributed by atoms with Gasteiger partial charge in [0.05, 0.1) is 23.6 Å². The lowest BCUT2D eigenvalue weighted by molar-refractivity contribution is -0.136. The number of anilines is 2. The number of halogens is 1. The van der Waals surface area contributed by atoms with Crippen LogP contribution in [0.5, 0.6) is 11.5 Å². The van der Waals surface area contributed by atoms with Crippen molar-refractivity contribution in [1.82, 2.24) is 39.8 Å². The molecule has 3 aromatic carbocycles. The highest BCUT2D eigenvalue weighted by Crippen LogP contribution is 2.38. The number of imide groups is 1. The van der Waals surface area contributed by atoms with Crippen molar-refractivity contribution in [2.75, 3.05) is 36.4 Å². The lowest BCUT2D eigenvalue weighted by atomic mass is 9.98. The molecule has 2 saturated heterocycles. The molecule has 0 bridgehead atoms. The number of rotatable bonds is 9. The zero-order chi connectivity index (χ0) is 40.8. The summed E-state index contributed by atoms with van der Waals surface area (Å²) in [7, 11) is 0. The normalized spacial score (nSPS) is 17.2. The third-order valence-electron chi connectivity index (χ3n) is 10.8. The summed E-state index contributed by atoms with van der Waals surface area (Å²) in [5, 5.41) is 32.5. The van der Waals surface area contributed by atoms with Gasteiger partial charge in [-0.1, -0.05) is 26.0 Å². The number of phenols is 2. The lowest BCUT2D eigenvalue weighted by Crippen LogP contribution is -2.52.